The second kappa shape index (κ2) is 8.87. The first-order valence-electron chi connectivity index (χ1n) is 9.29. The Morgan fingerprint density at radius 3 is 2.53 bits per heavy atom. The van der Waals surface area contributed by atoms with Gasteiger partial charge in [-0.2, -0.15) is 0 Å². The van der Waals surface area contributed by atoms with Crippen molar-refractivity contribution in [3.63, 3.8) is 0 Å². The Balaban J connectivity index is 1.90. The molecule has 8 heteroatoms. The molecular formula is C22H24N2O6. The van der Waals surface area contributed by atoms with Gasteiger partial charge in [-0.25, -0.2) is 0 Å². The molecule has 1 atom stereocenters. The highest BCUT2D eigenvalue weighted by molar-refractivity contribution is 6.11. The van der Waals surface area contributed by atoms with Crippen molar-refractivity contribution in [2.24, 2.45) is 5.73 Å². The van der Waals surface area contributed by atoms with Crippen LogP contribution in [0.2, 0.25) is 0 Å². The first kappa shape index (κ1) is 21.2. The lowest BCUT2D eigenvalue weighted by Gasteiger charge is -2.13. The van der Waals surface area contributed by atoms with Gasteiger partial charge in [-0.3, -0.25) is 9.59 Å². The topological polar surface area (TPSA) is 109 Å². The summed E-state index contributed by atoms with van der Waals surface area (Å²) in [7, 11) is 3.01. The van der Waals surface area contributed by atoms with Crippen LogP contribution in [0, 0.1) is 0 Å². The molecular weight excluding hydrogens is 388 g/mol. The lowest BCUT2D eigenvalue weighted by atomic mass is 10.0. The third kappa shape index (κ3) is 4.38. The van der Waals surface area contributed by atoms with Gasteiger partial charge in [0.1, 0.15) is 5.75 Å². The smallest absolute Gasteiger partial charge is 0.241 e. The summed E-state index contributed by atoms with van der Waals surface area (Å²) >= 11 is 0. The summed E-state index contributed by atoms with van der Waals surface area (Å²) in [5.74, 6) is 1.35. The Bertz CT molecular complexity index is 1010. The molecule has 1 heterocycles. The van der Waals surface area contributed by atoms with E-state index in [4.69, 9.17) is 24.7 Å². The van der Waals surface area contributed by atoms with Gasteiger partial charge in [0.15, 0.2) is 17.3 Å². The van der Waals surface area contributed by atoms with Crippen LogP contribution in [0.15, 0.2) is 35.9 Å². The molecule has 1 aliphatic rings. The summed E-state index contributed by atoms with van der Waals surface area (Å²) in [5, 5.41) is 2.73. The number of rotatable bonds is 7. The van der Waals surface area contributed by atoms with Gasteiger partial charge in [-0.1, -0.05) is 6.07 Å². The molecule has 0 bridgehead atoms. The molecule has 0 spiro atoms. The molecule has 8 nitrogen and oxygen atoms in total. The Morgan fingerprint density at radius 1 is 1.13 bits per heavy atom. The molecule has 3 rings (SSSR count). The number of carbonyl (C=O) groups excluding carboxylic acids is 2. The van der Waals surface area contributed by atoms with E-state index in [2.05, 4.69) is 5.32 Å². The molecule has 0 radical (unpaired) electrons. The van der Waals surface area contributed by atoms with Crippen molar-refractivity contribution in [1.82, 2.24) is 0 Å². The molecule has 2 aromatic carbocycles. The summed E-state index contributed by atoms with van der Waals surface area (Å²) in [5.41, 5.74) is 7.72. The zero-order chi connectivity index (χ0) is 21.8. The number of carbonyl (C=O) groups is 2. The van der Waals surface area contributed by atoms with E-state index in [1.165, 1.54) is 14.2 Å². The van der Waals surface area contributed by atoms with E-state index in [9.17, 15) is 9.59 Å². The van der Waals surface area contributed by atoms with E-state index in [0.717, 1.165) is 0 Å². The average Bonchev–Trinajstić information content (AvgIpc) is 3.21. The first-order chi connectivity index (χ1) is 14.3. The lowest BCUT2D eigenvalue weighted by Crippen LogP contribution is -2.32. The van der Waals surface area contributed by atoms with Crippen molar-refractivity contribution in [1.29, 1.82) is 0 Å². The molecule has 30 heavy (non-hydrogen) atoms. The van der Waals surface area contributed by atoms with Crippen LogP contribution in [0.4, 0.5) is 5.69 Å². The Hall–Kier alpha value is -3.52. The van der Waals surface area contributed by atoms with Crippen LogP contribution in [0.1, 0.15) is 29.8 Å². The summed E-state index contributed by atoms with van der Waals surface area (Å²) in [6, 6.07) is 7.80. The fourth-order valence-electron chi connectivity index (χ4n) is 2.96. The highest BCUT2D eigenvalue weighted by Crippen LogP contribution is 2.42. The normalized spacial score (nSPS) is 13.6. The number of ether oxygens (including phenoxy) is 4. The maximum atomic E-state index is 13.0. The highest BCUT2D eigenvalue weighted by Gasteiger charge is 2.23. The van der Waals surface area contributed by atoms with E-state index in [1.54, 1.807) is 50.3 Å². The fraction of sp³-hybridized carbons (Fsp3) is 0.273. The van der Waals surface area contributed by atoms with Crippen LogP contribution < -0.4 is 30.0 Å². The van der Waals surface area contributed by atoms with Gasteiger partial charge in [0.2, 0.25) is 18.4 Å². The van der Waals surface area contributed by atoms with Crippen molar-refractivity contribution in [3.05, 3.63) is 47.0 Å². The standard InChI is InChI=1S/C22H24N2O6/c1-12(20(25)15-9-18(28-4)21-19(10-15)29-11-30-21)7-14-5-6-17(27-3)16(8-14)24-22(26)13(2)23/h5-10,13H,11,23H2,1-4H3,(H,24,26). The van der Waals surface area contributed by atoms with Crippen molar-refractivity contribution in [2.75, 3.05) is 26.3 Å². The second-order valence-electron chi connectivity index (χ2n) is 6.81. The molecule has 158 valence electrons. The minimum absolute atomic E-state index is 0.0833. The number of amides is 1. The number of ketones is 1. The van der Waals surface area contributed by atoms with Crippen LogP contribution >= 0.6 is 0 Å². The van der Waals surface area contributed by atoms with E-state index in [-0.39, 0.29) is 18.5 Å². The van der Waals surface area contributed by atoms with Crippen LogP contribution in [-0.4, -0.2) is 38.7 Å². The molecule has 0 saturated carbocycles. The van der Waals surface area contributed by atoms with Gasteiger partial charge in [0.05, 0.1) is 25.9 Å². The number of methoxy groups -OCH3 is 2. The third-order valence-corrected chi connectivity index (χ3v) is 4.56. The van der Waals surface area contributed by atoms with Gasteiger partial charge < -0.3 is 30.0 Å². The highest BCUT2D eigenvalue weighted by atomic mass is 16.7. The number of benzene rings is 2. The van der Waals surface area contributed by atoms with Gasteiger partial charge in [-0.05, 0) is 55.3 Å². The van der Waals surface area contributed by atoms with Crippen molar-refractivity contribution < 1.29 is 28.5 Å². The molecule has 1 aliphatic heterocycles. The van der Waals surface area contributed by atoms with E-state index < -0.39 is 6.04 Å². The van der Waals surface area contributed by atoms with Crippen LogP contribution in [0.3, 0.4) is 0 Å². The molecule has 0 aromatic heterocycles. The van der Waals surface area contributed by atoms with Gasteiger partial charge in [-0.15, -0.1) is 0 Å². The van der Waals surface area contributed by atoms with Crippen molar-refractivity contribution >= 4 is 23.5 Å². The average molecular weight is 412 g/mol. The Labute approximate surface area is 174 Å². The maximum absolute atomic E-state index is 13.0. The number of nitrogens with one attached hydrogen (secondary N) is 1. The molecule has 2 aromatic rings. The lowest BCUT2D eigenvalue weighted by molar-refractivity contribution is -0.117. The predicted molar refractivity (Wildman–Crippen MR) is 112 cm³/mol. The molecule has 0 fully saturated rings. The third-order valence-electron chi connectivity index (χ3n) is 4.56. The molecule has 3 N–H and O–H groups in total. The van der Waals surface area contributed by atoms with Crippen LogP contribution in [0.5, 0.6) is 23.0 Å². The van der Waals surface area contributed by atoms with Gasteiger partial charge >= 0.3 is 0 Å². The molecule has 1 unspecified atom stereocenters. The van der Waals surface area contributed by atoms with Crippen LogP contribution in [0.25, 0.3) is 6.08 Å². The number of hydrogen-bond acceptors (Lipinski definition) is 7. The fourth-order valence-corrected chi connectivity index (χ4v) is 2.96. The number of Topliss-reactive ketones (excluding diaryl/α,β-unsaturated/α-hetero) is 1. The summed E-state index contributed by atoms with van der Waals surface area (Å²) < 4.78 is 21.3. The zero-order valence-electron chi connectivity index (χ0n) is 17.3. The Morgan fingerprint density at radius 2 is 1.87 bits per heavy atom. The predicted octanol–water partition coefficient (Wildman–Crippen LogP) is 3.00. The van der Waals surface area contributed by atoms with Gasteiger partial charge in [0.25, 0.3) is 0 Å². The number of fused-ring (bicyclic) bond motifs is 1. The second-order valence-corrected chi connectivity index (χ2v) is 6.81. The SMILES string of the molecule is COc1ccc(C=C(C)C(=O)c2cc(OC)c3c(c2)OCO3)cc1NC(=O)C(C)N. The largest absolute Gasteiger partial charge is 0.495 e. The minimum atomic E-state index is -0.668. The monoisotopic (exact) mass is 412 g/mol. The summed E-state index contributed by atoms with van der Waals surface area (Å²) in [6.07, 6.45) is 1.72. The molecule has 0 saturated heterocycles. The van der Waals surface area contributed by atoms with Crippen molar-refractivity contribution in [2.45, 2.75) is 19.9 Å². The van der Waals surface area contributed by atoms with Crippen molar-refractivity contribution in [3.8, 4) is 23.0 Å². The number of allylic oxidation sites excluding steroid dienone is 1. The number of hydrogen-bond donors (Lipinski definition) is 2. The summed E-state index contributed by atoms with van der Waals surface area (Å²) in [6.45, 7) is 3.39. The van der Waals surface area contributed by atoms with Gasteiger partial charge in [0, 0.05) is 5.56 Å². The van der Waals surface area contributed by atoms with Crippen LogP contribution in [-0.2, 0) is 4.79 Å². The quantitative estimate of drug-likeness (QED) is 0.531. The minimum Gasteiger partial charge on any atom is -0.495 e. The maximum Gasteiger partial charge on any atom is 0.241 e. The van der Waals surface area contributed by atoms with E-state index >= 15 is 0 Å². The van der Waals surface area contributed by atoms with E-state index in [0.29, 0.717) is 45.4 Å². The molecule has 0 aliphatic carbocycles. The van der Waals surface area contributed by atoms with E-state index in [1.807, 2.05) is 0 Å². The number of anilines is 1. The summed E-state index contributed by atoms with van der Waals surface area (Å²) in [4.78, 5) is 24.9. The zero-order valence-corrected chi connectivity index (χ0v) is 17.3. The number of nitrogens with two attached hydrogens (primary N) is 1. The Kier molecular flexibility index (Phi) is 6.27. The molecule has 1 amide bonds. The first-order valence-corrected chi connectivity index (χ1v) is 9.29.